The van der Waals surface area contributed by atoms with Crippen molar-refractivity contribution >= 4 is 18.0 Å². The lowest BCUT2D eigenvalue weighted by Crippen LogP contribution is -2.46. The molecule has 2 unspecified atom stereocenters. The maximum atomic E-state index is 11.6. The van der Waals surface area contributed by atoms with Crippen molar-refractivity contribution in [2.45, 2.75) is 31.8 Å². The van der Waals surface area contributed by atoms with Crippen molar-refractivity contribution < 1.29 is 24.6 Å². The van der Waals surface area contributed by atoms with Gasteiger partial charge in [-0.1, -0.05) is 0 Å². The van der Waals surface area contributed by atoms with E-state index >= 15 is 0 Å². The van der Waals surface area contributed by atoms with Gasteiger partial charge in [0, 0.05) is 18.2 Å². The van der Waals surface area contributed by atoms with Crippen molar-refractivity contribution in [3.05, 3.63) is 18.0 Å². The molecule has 0 spiro atoms. The minimum atomic E-state index is -1.28. The number of hydrogen-bond acceptors (Lipinski definition) is 4. The van der Waals surface area contributed by atoms with Crippen LogP contribution in [0.1, 0.15) is 31.4 Å². The van der Waals surface area contributed by atoms with Crippen LogP contribution in [0.5, 0.6) is 0 Å². The maximum Gasteiger partial charge on any atom is 0.326 e. The SMILES string of the molecule is CC(NC(=O)NC(CCC(=O)O)C(=O)O)c1cn[nH]c1. The van der Waals surface area contributed by atoms with E-state index in [0.717, 1.165) is 5.56 Å². The van der Waals surface area contributed by atoms with Gasteiger partial charge < -0.3 is 20.8 Å². The van der Waals surface area contributed by atoms with Gasteiger partial charge in [-0.05, 0) is 13.3 Å². The second-order valence-corrected chi connectivity index (χ2v) is 4.19. The molecule has 0 radical (unpaired) electrons. The van der Waals surface area contributed by atoms with Crippen molar-refractivity contribution in [3.8, 4) is 0 Å². The number of aromatic amines is 1. The highest BCUT2D eigenvalue weighted by atomic mass is 16.4. The summed E-state index contributed by atoms with van der Waals surface area (Å²) >= 11 is 0. The molecule has 110 valence electrons. The van der Waals surface area contributed by atoms with Gasteiger partial charge in [0.1, 0.15) is 6.04 Å². The number of carbonyl (C=O) groups is 3. The van der Waals surface area contributed by atoms with Crippen LogP contribution < -0.4 is 10.6 Å². The van der Waals surface area contributed by atoms with Gasteiger partial charge in [-0.25, -0.2) is 9.59 Å². The lowest BCUT2D eigenvalue weighted by Gasteiger charge is -2.17. The smallest absolute Gasteiger partial charge is 0.326 e. The summed E-state index contributed by atoms with van der Waals surface area (Å²) in [4.78, 5) is 33.0. The Balaban J connectivity index is 2.49. The molecule has 0 aliphatic carbocycles. The summed E-state index contributed by atoms with van der Waals surface area (Å²) in [5, 5.41) is 28.5. The number of hydrogen-bond donors (Lipinski definition) is 5. The average molecular weight is 284 g/mol. The van der Waals surface area contributed by atoms with Gasteiger partial charge in [-0.15, -0.1) is 0 Å². The van der Waals surface area contributed by atoms with Crippen LogP contribution in [0.2, 0.25) is 0 Å². The van der Waals surface area contributed by atoms with Crippen molar-refractivity contribution in [2.75, 3.05) is 0 Å². The van der Waals surface area contributed by atoms with Crippen LogP contribution in [-0.2, 0) is 9.59 Å². The quantitative estimate of drug-likeness (QED) is 0.479. The van der Waals surface area contributed by atoms with E-state index in [1.54, 1.807) is 13.1 Å². The van der Waals surface area contributed by atoms with Crippen LogP contribution in [-0.4, -0.2) is 44.4 Å². The predicted molar refractivity (Wildman–Crippen MR) is 67.0 cm³/mol. The van der Waals surface area contributed by atoms with Crippen LogP contribution in [0, 0.1) is 0 Å². The number of carbonyl (C=O) groups excluding carboxylic acids is 1. The summed E-state index contributed by atoms with van der Waals surface area (Å²) in [5.41, 5.74) is 0.734. The molecule has 0 bridgehead atoms. The number of carboxylic acids is 2. The molecular formula is C11H16N4O5. The monoisotopic (exact) mass is 284 g/mol. The largest absolute Gasteiger partial charge is 0.481 e. The van der Waals surface area contributed by atoms with E-state index in [1.165, 1.54) is 6.20 Å². The Morgan fingerprint density at radius 3 is 2.55 bits per heavy atom. The fourth-order valence-corrected chi connectivity index (χ4v) is 1.50. The summed E-state index contributed by atoms with van der Waals surface area (Å²) in [7, 11) is 0. The zero-order chi connectivity index (χ0) is 15.1. The van der Waals surface area contributed by atoms with Crippen molar-refractivity contribution in [1.29, 1.82) is 0 Å². The number of H-pyrrole nitrogens is 1. The van der Waals surface area contributed by atoms with Crippen LogP contribution >= 0.6 is 0 Å². The zero-order valence-corrected chi connectivity index (χ0v) is 10.8. The van der Waals surface area contributed by atoms with Gasteiger partial charge in [0.2, 0.25) is 0 Å². The minimum Gasteiger partial charge on any atom is -0.481 e. The number of carboxylic acid groups (broad SMARTS) is 2. The predicted octanol–water partition coefficient (Wildman–Crippen LogP) is 0.0879. The van der Waals surface area contributed by atoms with Gasteiger partial charge in [0.05, 0.1) is 12.2 Å². The fourth-order valence-electron chi connectivity index (χ4n) is 1.50. The Hall–Kier alpha value is -2.58. The summed E-state index contributed by atoms with van der Waals surface area (Å²) in [6.45, 7) is 1.71. The lowest BCUT2D eigenvalue weighted by atomic mass is 10.1. The second-order valence-electron chi connectivity index (χ2n) is 4.19. The molecule has 1 rings (SSSR count). The minimum absolute atomic E-state index is 0.182. The van der Waals surface area contributed by atoms with E-state index in [0.29, 0.717) is 0 Å². The highest BCUT2D eigenvalue weighted by molar-refractivity contribution is 5.83. The maximum absolute atomic E-state index is 11.6. The first kappa shape index (κ1) is 15.5. The Labute approximate surface area is 114 Å². The van der Waals surface area contributed by atoms with Gasteiger partial charge in [0.25, 0.3) is 0 Å². The van der Waals surface area contributed by atoms with Gasteiger partial charge in [0.15, 0.2) is 0 Å². The second kappa shape index (κ2) is 7.12. The van der Waals surface area contributed by atoms with Gasteiger partial charge in [-0.3, -0.25) is 9.89 Å². The number of aromatic nitrogens is 2. The number of rotatable bonds is 7. The number of aliphatic carboxylic acids is 2. The number of urea groups is 1. The van der Waals surface area contributed by atoms with Gasteiger partial charge >= 0.3 is 18.0 Å². The summed E-state index contributed by atoms with van der Waals surface area (Å²) in [6, 6.07) is -2.29. The van der Waals surface area contributed by atoms with Crippen molar-refractivity contribution in [1.82, 2.24) is 20.8 Å². The Kier molecular flexibility index (Phi) is 5.51. The molecule has 0 aromatic carbocycles. The molecule has 5 N–H and O–H groups in total. The molecular weight excluding hydrogens is 268 g/mol. The molecule has 0 aliphatic rings. The Morgan fingerprint density at radius 2 is 2.05 bits per heavy atom. The van der Waals surface area contributed by atoms with E-state index in [2.05, 4.69) is 20.8 Å². The number of amides is 2. The molecule has 0 fully saturated rings. The van der Waals surface area contributed by atoms with Crippen molar-refractivity contribution in [2.24, 2.45) is 0 Å². The van der Waals surface area contributed by atoms with Crippen LogP contribution in [0.4, 0.5) is 4.79 Å². The highest BCUT2D eigenvalue weighted by Crippen LogP contribution is 2.08. The Bertz CT molecular complexity index is 473. The molecule has 1 aromatic heterocycles. The molecule has 1 aromatic rings. The number of nitrogens with one attached hydrogen (secondary N) is 3. The van der Waals surface area contributed by atoms with E-state index < -0.39 is 24.0 Å². The third-order valence-corrected chi connectivity index (χ3v) is 2.62. The molecule has 0 saturated carbocycles. The fraction of sp³-hybridized carbons (Fsp3) is 0.455. The Morgan fingerprint density at radius 1 is 1.35 bits per heavy atom. The third-order valence-electron chi connectivity index (χ3n) is 2.62. The zero-order valence-electron chi connectivity index (χ0n) is 10.8. The molecule has 0 saturated heterocycles. The normalized spacial score (nSPS) is 13.2. The first-order chi connectivity index (χ1) is 9.40. The third kappa shape index (κ3) is 4.96. The van der Waals surface area contributed by atoms with Crippen LogP contribution in [0.25, 0.3) is 0 Å². The van der Waals surface area contributed by atoms with Crippen LogP contribution in [0.3, 0.4) is 0 Å². The molecule has 9 heteroatoms. The van der Waals surface area contributed by atoms with Crippen LogP contribution in [0.15, 0.2) is 12.4 Å². The standard InChI is InChI=1S/C11H16N4O5/c1-6(7-4-12-13-5-7)14-11(20)15-8(10(18)19)2-3-9(16)17/h4-6,8H,2-3H2,1H3,(H,12,13)(H,16,17)(H,18,19)(H2,14,15,20). The average Bonchev–Trinajstić information content (AvgIpc) is 2.87. The first-order valence-corrected chi connectivity index (χ1v) is 5.90. The van der Waals surface area contributed by atoms with Gasteiger partial charge in [-0.2, -0.15) is 5.10 Å². The molecule has 0 aliphatic heterocycles. The molecule has 2 amide bonds. The van der Waals surface area contributed by atoms with E-state index in [1.807, 2.05) is 0 Å². The highest BCUT2D eigenvalue weighted by Gasteiger charge is 2.21. The summed E-state index contributed by atoms with van der Waals surface area (Å²) in [6.07, 6.45) is 2.61. The molecule has 9 nitrogen and oxygen atoms in total. The molecule has 20 heavy (non-hydrogen) atoms. The first-order valence-electron chi connectivity index (χ1n) is 5.90. The molecule has 1 heterocycles. The van der Waals surface area contributed by atoms with Crippen molar-refractivity contribution in [3.63, 3.8) is 0 Å². The van der Waals surface area contributed by atoms with E-state index in [-0.39, 0.29) is 18.9 Å². The molecule has 2 atom stereocenters. The van der Waals surface area contributed by atoms with E-state index in [9.17, 15) is 14.4 Å². The summed E-state index contributed by atoms with van der Waals surface area (Å²) < 4.78 is 0. The lowest BCUT2D eigenvalue weighted by molar-refractivity contribution is -0.140. The topological polar surface area (TPSA) is 144 Å². The number of nitrogens with zero attached hydrogens (tertiary/aromatic N) is 1. The van der Waals surface area contributed by atoms with E-state index in [4.69, 9.17) is 10.2 Å². The summed E-state index contributed by atoms with van der Waals surface area (Å²) in [5.74, 6) is -2.40.